The van der Waals surface area contributed by atoms with Gasteiger partial charge in [-0.05, 0) is 37.3 Å². The van der Waals surface area contributed by atoms with Crippen molar-refractivity contribution in [3.63, 3.8) is 0 Å². The second-order valence-corrected chi connectivity index (χ2v) is 6.36. The number of amides is 3. The van der Waals surface area contributed by atoms with Crippen molar-refractivity contribution in [1.82, 2.24) is 5.32 Å². The Labute approximate surface area is 170 Å². The summed E-state index contributed by atoms with van der Waals surface area (Å²) >= 11 is 0. The van der Waals surface area contributed by atoms with E-state index in [4.69, 9.17) is 10.2 Å². The lowest BCUT2D eigenvalue weighted by Crippen LogP contribution is -2.49. The molecule has 3 rings (SSSR count). The predicted molar refractivity (Wildman–Crippen MR) is 98.5 cm³/mol. The van der Waals surface area contributed by atoms with Crippen LogP contribution in [0.3, 0.4) is 0 Å². The Balaban J connectivity index is 1.87. The Morgan fingerprint density at radius 1 is 1.16 bits per heavy atom. The monoisotopic (exact) mass is 443 g/mol. The summed E-state index contributed by atoms with van der Waals surface area (Å²) in [6.07, 6.45) is -4.90. The van der Waals surface area contributed by atoms with Gasteiger partial charge in [-0.15, -0.1) is 0 Å². The molecule has 1 aromatic heterocycles. The predicted octanol–water partition coefficient (Wildman–Crippen LogP) is 4.69. The number of nitrogens with one attached hydrogen (secondary N) is 2. The fraction of sp³-hybridized carbons (Fsp3) is 0.158. The number of carbonyl (C=O) groups is 2. The first-order valence-electron chi connectivity index (χ1n) is 8.53. The molecular weight excluding hydrogens is 429 g/mol. The number of nitrogens with two attached hydrogens (primary N) is 1. The number of alkyl halides is 3. The Hall–Kier alpha value is -3.83. The standard InChI is InChI=1S/C19H14F5N3O4/c1-8-12-6-9(20)7-13(21)14(12)31-15(8)19(24,16(22)23)27-18(29)26-10-2-4-11(5-3-10)30-17(25)28/h2-7,16H,1H3,(H2,25,28)(H2,26,27,29). The van der Waals surface area contributed by atoms with E-state index in [9.17, 15) is 27.2 Å². The van der Waals surface area contributed by atoms with Crippen LogP contribution in [-0.2, 0) is 5.79 Å². The molecule has 0 saturated heterocycles. The van der Waals surface area contributed by atoms with Crippen molar-refractivity contribution < 1.29 is 40.7 Å². The van der Waals surface area contributed by atoms with Gasteiger partial charge >= 0.3 is 17.9 Å². The van der Waals surface area contributed by atoms with Crippen LogP contribution in [0.2, 0.25) is 0 Å². The van der Waals surface area contributed by atoms with E-state index in [1.54, 1.807) is 0 Å². The molecule has 0 aliphatic rings. The normalized spacial score (nSPS) is 13.1. The van der Waals surface area contributed by atoms with Crippen molar-refractivity contribution in [2.45, 2.75) is 19.1 Å². The highest BCUT2D eigenvalue weighted by molar-refractivity contribution is 5.90. The maximum Gasteiger partial charge on any atom is 0.409 e. The molecule has 0 spiro atoms. The number of benzene rings is 2. The number of aryl methyl sites for hydroxylation is 1. The van der Waals surface area contributed by atoms with Crippen LogP contribution in [0.4, 0.5) is 37.2 Å². The van der Waals surface area contributed by atoms with E-state index in [0.717, 1.165) is 13.0 Å². The smallest absolute Gasteiger partial charge is 0.409 e. The van der Waals surface area contributed by atoms with E-state index >= 15 is 4.39 Å². The van der Waals surface area contributed by atoms with Gasteiger partial charge in [-0.25, -0.2) is 31.5 Å². The number of anilines is 1. The first-order chi connectivity index (χ1) is 14.5. The molecule has 1 heterocycles. The topological polar surface area (TPSA) is 107 Å². The molecular formula is C19H14F5N3O4. The van der Waals surface area contributed by atoms with Crippen molar-refractivity contribution in [3.8, 4) is 5.75 Å². The summed E-state index contributed by atoms with van der Waals surface area (Å²) in [5.41, 5.74) is 3.92. The maximum atomic E-state index is 15.2. The van der Waals surface area contributed by atoms with Crippen molar-refractivity contribution in [2.75, 3.05) is 5.32 Å². The average Bonchev–Trinajstić information content (AvgIpc) is 3.00. The van der Waals surface area contributed by atoms with Crippen LogP contribution in [0.5, 0.6) is 5.75 Å². The summed E-state index contributed by atoms with van der Waals surface area (Å²) in [6.45, 7) is 1.12. The lowest BCUT2D eigenvalue weighted by atomic mass is 10.1. The average molecular weight is 443 g/mol. The number of rotatable bonds is 5. The number of urea groups is 1. The molecule has 7 nitrogen and oxygen atoms in total. The highest BCUT2D eigenvalue weighted by atomic mass is 19.3. The Kier molecular flexibility index (Phi) is 5.73. The van der Waals surface area contributed by atoms with E-state index in [-0.39, 0.29) is 22.4 Å². The molecule has 0 bridgehead atoms. The van der Waals surface area contributed by atoms with Crippen LogP contribution < -0.4 is 21.1 Å². The SMILES string of the molecule is Cc1c(C(F)(NC(=O)Nc2ccc(OC(N)=O)cc2)C(F)F)oc2c(F)cc(F)cc12. The molecule has 0 saturated carbocycles. The molecule has 3 aromatic rings. The number of ether oxygens (including phenoxy) is 1. The van der Waals surface area contributed by atoms with Gasteiger partial charge in [-0.2, -0.15) is 0 Å². The molecule has 0 radical (unpaired) electrons. The zero-order chi connectivity index (χ0) is 22.9. The molecule has 164 valence electrons. The number of carbonyl (C=O) groups excluding carboxylic acids is 2. The minimum absolute atomic E-state index is 0.0281. The number of fused-ring (bicyclic) bond motifs is 1. The lowest BCUT2D eigenvalue weighted by molar-refractivity contribution is -0.0664. The number of halogens is 5. The van der Waals surface area contributed by atoms with Gasteiger partial charge in [0.15, 0.2) is 17.2 Å². The van der Waals surface area contributed by atoms with Gasteiger partial charge in [0, 0.05) is 22.7 Å². The molecule has 0 fully saturated rings. The van der Waals surface area contributed by atoms with Gasteiger partial charge in [0.25, 0.3) is 6.43 Å². The van der Waals surface area contributed by atoms with E-state index in [1.165, 1.54) is 29.6 Å². The largest absolute Gasteiger partial charge is 0.452 e. The Bertz CT molecular complexity index is 1150. The zero-order valence-corrected chi connectivity index (χ0v) is 15.6. The van der Waals surface area contributed by atoms with Crippen LogP contribution >= 0.6 is 0 Å². The van der Waals surface area contributed by atoms with E-state index < -0.39 is 47.3 Å². The van der Waals surface area contributed by atoms with E-state index in [1.807, 2.05) is 0 Å². The summed E-state index contributed by atoms with van der Waals surface area (Å²) in [4.78, 5) is 22.8. The maximum absolute atomic E-state index is 15.2. The van der Waals surface area contributed by atoms with Crippen LogP contribution in [0.25, 0.3) is 11.0 Å². The van der Waals surface area contributed by atoms with Gasteiger partial charge in [-0.3, -0.25) is 5.32 Å². The highest BCUT2D eigenvalue weighted by Crippen LogP contribution is 2.39. The second kappa shape index (κ2) is 8.13. The lowest BCUT2D eigenvalue weighted by Gasteiger charge is -2.24. The third-order valence-electron chi connectivity index (χ3n) is 4.21. The molecule has 4 N–H and O–H groups in total. The first-order valence-corrected chi connectivity index (χ1v) is 8.53. The summed E-state index contributed by atoms with van der Waals surface area (Å²) < 4.78 is 79.4. The fourth-order valence-electron chi connectivity index (χ4n) is 2.85. The summed E-state index contributed by atoms with van der Waals surface area (Å²) in [7, 11) is 0. The van der Waals surface area contributed by atoms with Gasteiger partial charge in [0.1, 0.15) is 11.6 Å². The third kappa shape index (κ3) is 4.37. The van der Waals surface area contributed by atoms with Crippen molar-refractivity contribution in [2.24, 2.45) is 5.73 Å². The number of hydrogen-bond donors (Lipinski definition) is 3. The van der Waals surface area contributed by atoms with Crippen LogP contribution in [-0.4, -0.2) is 18.5 Å². The molecule has 2 aromatic carbocycles. The van der Waals surface area contributed by atoms with E-state index in [0.29, 0.717) is 6.07 Å². The van der Waals surface area contributed by atoms with Crippen molar-refractivity contribution in [1.29, 1.82) is 0 Å². The van der Waals surface area contributed by atoms with Gasteiger partial charge in [0.05, 0.1) is 0 Å². The minimum Gasteiger partial charge on any atom is -0.452 e. The Morgan fingerprint density at radius 3 is 2.39 bits per heavy atom. The number of hydrogen-bond acceptors (Lipinski definition) is 4. The summed E-state index contributed by atoms with van der Waals surface area (Å²) in [5, 5.41) is 3.30. The van der Waals surface area contributed by atoms with Crippen molar-refractivity contribution >= 4 is 28.8 Å². The zero-order valence-electron chi connectivity index (χ0n) is 15.6. The molecule has 1 unspecified atom stereocenters. The molecule has 3 amide bonds. The molecule has 0 aliphatic carbocycles. The van der Waals surface area contributed by atoms with E-state index in [2.05, 4.69) is 10.1 Å². The third-order valence-corrected chi connectivity index (χ3v) is 4.21. The van der Waals surface area contributed by atoms with Crippen molar-refractivity contribution in [3.05, 3.63) is 59.4 Å². The fourth-order valence-corrected chi connectivity index (χ4v) is 2.85. The molecule has 12 heteroatoms. The summed E-state index contributed by atoms with van der Waals surface area (Å²) in [5.74, 6) is -7.13. The van der Waals surface area contributed by atoms with Crippen LogP contribution in [0.15, 0.2) is 40.8 Å². The minimum atomic E-state index is -3.86. The van der Waals surface area contributed by atoms with Crippen LogP contribution in [0, 0.1) is 18.6 Å². The highest BCUT2D eigenvalue weighted by Gasteiger charge is 2.49. The van der Waals surface area contributed by atoms with Gasteiger partial charge in [-0.1, -0.05) is 0 Å². The summed E-state index contributed by atoms with van der Waals surface area (Å²) in [6, 6.07) is 4.77. The van der Waals surface area contributed by atoms with Gasteiger partial charge in [0.2, 0.25) is 0 Å². The second-order valence-electron chi connectivity index (χ2n) is 6.36. The first kappa shape index (κ1) is 21.9. The Morgan fingerprint density at radius 2 is 1.81 bits per heavy atom. The quantitative estimate of drug-likeness (QED) is 0.393. The molecule has 1 atom stereocenters. The number of primary amides is 1. The van der Waals surface area contributed by atoms with Crippen LogP contribution in [0.1, 0.15) is 11.3 Å². The molecule has 31 heavy (non-hydrogen) atoms. The molecule has 0 aliphatic heterocycles. The van der Waals surface area contributed by atoms with Gasteiger partial charge < -0.3 is 20.2 Å². The number of furan rings is 1.